The number of aliphatic carboxylic acids is 1. The van der Waals surface area contributed by atoms with Gasteiger partial charge in [0.05, 0.1) is 29.9 Å². The molecule has 0 radical (unpaired) electrons. The molecular formula is C33H25N2NaO6S. The van der Waals surface area contributed by atoms with Crippen LogP contribution in [0.1, 0.15) is 44.3 Å². The number of ketones is 1. The first kappa shape index (κ1) is 31.8. The summed E-state index contributed by atoms with van der Waals surface area (Å²) in [6, 6.07) is 27.6. The average Bonchev–Trinajstić information content (AvgIpc) is 3.49. The monoisotopic (exact) mass is 600 g/mol. The summed E-state index contributed by atoms with van der Waals surface area (Å²) < 4.78 is 19.3. The molecule has 0 bridgehead atoms. The molecule has 5 aromatic rings. The molecule has 1 heterocycles. The second-order valence-electron chi connectivity index (χ2n) is 9.33. The third-order valence-corrected chi connectivity index (χ3v) is 7.09. The first-order chi connectivity index (χ1) is 20.4. The number of carbonyl (C=O) groups is 3. The van der Waals surface area contributed by atoms with Gasteiger partial charge in [0.2, 0.25) is 0 Å². The molecule has 0 amide bonds. The van der Waals surface area contributed by atoms with Crippen molar-refractivity contribution in [3.63, 3.8) is 0 Å². The first-order valence-corrected chi connectivity index (χ1v) is 13.9. The number of esters is 1. The number of aromatic nitrogens is 2. The smallest absolute Gasteiger partial charge is 0.545 e. The van der Waals surface area contributed by atoms with Crippen molar-refractivity contribution in [1.29, 1.82) is 0 Å². The van der Waals surface area contributed by atoms with Gasteiger partial charge < -0.3 is 19.4 Å². The maximum absolute atomic E-state index is 13.9. The van der Waals surface area contributed by atoms with Gasteiger partial charge in [0.25, 0.3) is 0 Å². The van der Waals surface area contributed by atoms with Gasteiger partial charge in [-0.3, -0.25) is 4.79 Å². The van der Waals surface area contributed by atoms with E-state index in [0.717, 1.165) is 17.3 Å². The molecule has 210 valence electrons. The summed E-state index contributed by atoms with van der Waals surface area (Å²) in [5, 5.41) is 12.6. The van der Waals surface area contributed by atoms with Crippen molar-refractivity contribution in [2.24, 2.45) is 0 Å². The van der Waals surface area contributed by atoms with Crippen LogP contribution in [0.4, 0.5) is 0 Å². The summed E-state index contributed by atoms with van der Waals surface area (Å²) in [4.78, 5) is 38.6. The van der Waals surface area contributed by atoms with Crippen molar-refractivity contribution in [2.45, 2.75) is 20.0 Å². The zero-order valence-electron chi connectivity index (χ0n) is 23.6. The summed E-state index contributed by atoms with van der Waals surface area (Å²) in [6.45, 7) is 2.33. The number of hydrogen-bond donors (Lipinski definition) is 0. The maximum Gasteiger partial charge on any atom is 1.00 e. The van der Waals surface area contributed by atoms with Crippen LogP contribution >= 0.6 is 11.7 Å². The van der Waals surface area contributed by atoms with Gasteiger partial charge in [0.15, 0.2) is 5.78 Å². The molecule has 0 aliphatic rings. The molecule has 0 saturated carbocycles. The van der Waals surface area contributed by atoms with E-state index in [1.807, 2.05) is 30.3 Å². The van der Waals surface area contributed by atoms with Crippen molar-refractivity contribution in [3.8, 4) is 5.75 Å². The summed E-state index contributed by atoms with van der Waals surface area (Å²) in [7, 11) is 0. The van der Waals surface area contributed by atoms with Crippen molar-refractivity contribution < 1.29 is 58.5 Å². The molecule has 0 unspecified atom stereocenters. The quantitative estimate of drug-likeness (QED) is 0.0979. The molecule has 43 heavy (non-hydrogen) atoms. The Labute approximate surface area is 274 Å². The summed E-state index contributed by atoms with van der Waals surface area (Å²) in [6.07, 6.45) is -0.0230. The van der Waals surface area contributed by atoms with Crippen LogP contribution in [0, 0.1) is 0 Å². The Morgan fingerprint density at radius 1 is 0.767 bits per heavy atom. The predicted molar refractivity (Wildman–Crippen MR) is 157 cm³/mol. The molecule has 0 spiro atoms. The molecule has 0 fully saturated rings. The van der Waals surface area contributed by atoms with Gasteiger partial charge in [-0.2, -0.15) is 8.75 Å². The van der Waals surface area contributed by atoms with E-state index in [1.54, 1.807) is 73.7 Å². The van der Waals surface area contributed by atoms with Crippen LogP contribution in [0.2, 0.25) is 0 Å². The van der Waals surface area contributed by atoms with E-state index in [4.69, 9.17) is 9.47 Å². The number of carboxylic acid groups (broad SMARTS) is 1. The SMILES string of the molecule is CCOC(=O)c1ccc(CC(C(=O)c2ccc(OCc3ccccc3)cc2)=C(C(=O)[O-])c2ccc3nsnc3c2)cc1.[Na+]. The number of Topliss-reactive ketones (excluding diaryl/α,β-unsaturated/α-hetero) is 1. The topological polar surface area (TPSA) is 119 Å². The van der Waals surface area contributed by atoms with E-state index >= 15 is 0 Å². The Balaban J connectivity index is 0.00000423. The molecule has 0 N–H and O–H groups in total. The van der Waals surface area contributed by atoms with Gasteiger partial charge in [-0.25, -0.2) is 4.79 Å². The van der Waals surface area contributed by atoms with Gasteiger partial charge in [0, 0.05) is 23.1 Å². The third-order valence-electron chi connectivity index (χ3n) is 6.53. The Hall–Kier alpha value is -4.15. The zero-order valence-corrected chi connectivity index (χ0v) is 26.4. The molecule has 0 aliphatic heterocycles. The van der Waals surface area contributed by atoms with Gasteiger partial charge in [0.1, 0.15) is 23.4 Å². The molecule has 0 atom stereocenters. The number of hydrogen-bond acceptors (Lipinski definition) is 9. The largest absolute Gasteiger partial charge is 1.00 e. The fourth-order valence-corrected chi connectivity index (χ4v) is 4.95. The van der Waals surface area contributed by atoms with Crippen molar-refractivity contribution in [2.75, 3.05) is 6.61 Å². The number of nitrogens with zero attached hydrogens (tertiary/aromatic N) is 2. The standard InChI is InChI=1S/C33H26N2O6S.Na/c1-2-40-33(39)24-10-8-21(9-11-24)18-27(30(32(37)38)25-14-17-28-29(19-25)35-42-34-28)31(36)23-12-15-26(16-13-23)41-20-22-6-4-3-5-7-22;/h3-17,19H,2,18,20H2,1H3,(H,37,38);/q;+1/p-1. The van der Waals surface area contributed by atoms with Gasteiger partial charge in [-0.05, 0) is 72.1 Å². The second kappa shape index (κ2) is 14.8. The van der Waals surface area contributed by atoms with Crippen molar-refractivity contribution in [3.05, 3.63) is 130 Å². The van der Waals surface area contributed by atoms with Crippen LogP contribution in [0.5, 0.6) is 5.75 Å². The molecular weight excluding hydrogens is 575 g/mol. The second-order valence-corrected chi connectivity index (χ2v) is 9.86. The molecule has 0 aliphatic carbocycles. The predicted octanol–water partition coefficient (Wildman–Crippen LogP) is 2.08. The fraction of sp³-hybridized carbons (Fsp3) is 0.121. The third kappa shape index (κ3) is 7.82. The maximum atomic E-state index is 13.9. The summed E-state index contributed by atoms with van der Waals surface area (Å²) >= 11 is 1.01. The number of carboxylic acids is 1. The average molecular weight is 601 g/mol. The zero-order chi connectivity index (χ0) is 29.5. The van der Waals surface area contributed by atoms with E-state index in [1.165, 1.54) is 0 Å². The number of rotatable bonds is 11. The minimum absolute atomic E-state index is 0. The first-order valence-electron chi connectivity index (χ1n) is 13.2. The summed E-state index contributed by atoms with van der Waals surface area (Å²) in [5.41, 5.74) is 3.47. The normalized spacial score (nSPS) is 11.3. The Bertz CT molecular complexity index is 1770. The van der Waals surface area contributed by atoms with E-state index < -0.39 is 17.7 Å². The van der Waals surface area contributed by atoms with Crippen LogP contribution in [0.15, 0.2) is 103 Å². The molecule has 0 saturated heterocycles. The molecule has 8 nitrogen and oxygen atoms in total. The van der Waals surface area contributed by atoms with Crippen LogP contribution in [-0.4, -0.2) is 33.1 Å². The van der Waals surface area contributed by atoms with Crippen molar-refractivity contribution in [1.82, 2.24) is 8.75 Å². The van der Waals surface area contributed by atoms with Gasteiger partial charge in [-0.15, -0.1) is 0 Å². The number of carbonyl (C=O) groups excluding carboxylic acids is 3. The Morgan fingerprint density at radius 3 is 2.09 bits per heavy atom. The van der Waals surface area contributed by atoms with Gasteiger partial charge >= 0.3 is 35.5 Å². The van der Waals surface area contributed by atoms with E-state index in [-0.39, 0.29) is 64.9 Å². The molecule has 10 heteroatoms. The number of benzene rings is 4. The van der Waals surface area contributed by atoms with E-state index in [9.17, 15) is 19.5 Å². The minimum Gasteiger partial charge on any atom is -0.545 e. The molecule has 1 aromatic heterocycles. The molecule has 5 rings (SSSR count). The van der Waals surface area contributed by atoms with E-state index in [0.29, 0.717) is 34.5 Å². The number of fused-ring (bicyclic) bond motifs is 1. The Kier molecular flexibility index (Phi) is 11.0. The summed E-state index contributed by atoms with van der Waals surface area (Å²) in [5.74, 6) is -1.87. The number of allylic oxidation sites excluding steroid dienone is 1. The molecule has 4 aromatic carbocycles. The van der Waals surface area contributed by atoms with Crippen LogP contribution < -0.4 is 39.4 Å². The number of ether oxygens (including phenoxy) is 2. The van der Waals surface area contributed by atoms with E-state index in [2.05, 4.69) is 8.75 Å². The van der Waals surface area contributed by atoms with Gasteiger partial charge in [-0.1, -0.05) is 48.5 Å². The minimum atomic E-state index is -1.49. The van der Waals surface area contributed by atoms with Crippen molar-refractivity contribution >= 4 is 46.1 Å². The fourth-order valence-electron chi connectivity index (χ4n) is 4.43. The Morgan fingerprint density at radius 2 is 1.42 bits per heavy atom. The van der Waals surface area contributed by atoms with Crippen LogP contribution in [0.25, 0.3) is 16.6 Å². The van der Waals surface area contributed by atoms with Crippen LogP contribution in [-0.2, 0) is 22.6 Å². The van der Waals surface area contributed by atoms with Crippen LogP contribution in [0.3, 0.4) is 0 Å².